The van der Waals surface area contributed by atoms with E-state index in [1.165, 1.54) is 12.1 Å². The number of carboxylic acids is 1. The van der Waals surface area contributed by atoms with E-state index in [1.807, 2.05) is 6.92 Å². The number of hydrogen-bond donors (Lipinski definition) is 1. The van der Waals surface area contributed by atoms with Crippen molar-refractivity contribution in [3.63, 3.8) is 0 Å². The van der Waals surface area contributed by atoms with Gasteiger partial charge < -0.3 is 5.11 Å². The fourth-order valence-electron chi connectivity index (χ4n) is 1.69. The predicted molar refractivity (Wildman–Crippen MR) is 69.8 cm³/mol. The van der Waals surface area contributed by atoms with Gasteiger partial charge in [-0.25, -0.2) is 9.37 Å². The van der Waals surface area contributed by atoms with Crippen LogP contribution in [0.5, 0.6) is 0 Å². The fourth-order valence-corrected chi connectivity index (χ4v) is 2.52. The van der Waals surface area contributed by atoms with Crippen molar-refractivity contribution in [3.8, 4) is 0 Å². The third-order valence-corrected chi connectivity index (χ3v) is 3.61. The number of aliphatic carboxylic acids is 1. The van der Waals surface area contributed by atoms with Crippen molar-refractivity contribution in [1.29, 1.82) is 0 Å². The Kier molecular flexibility index (Phi) is 4.21. The van der Waals surface area contributed by atoms with Crippen molar-refractivity contribution in [2.24, 2.45) is 0 Å². The molecule has 0 amide bonds. The minimum Gasteiger partial charge on any atom is -0.481 e. The summed E-state index contributed by atoms with van der Waals surface area (Å²) in [6, 6.07) is 5.83. The van der Waals surface area contributed by atoms with E-state index in [0.29, 0.717) is 17.3 Å². The van der Waals surface area contributed by atoms with Crippen LogP contribution in [0.15, 0.2) is 24.3 Å². The van der Waals surface area contributed by atoms with Gasteiger partial charge in [-0.05, 0) is 35.6 Å². The van der Waals surface area contributed by atoms with Gasteiger partial charge in [0, 0.05) is 6.42 Å². The summed E-state index contributed by atoms with van der Waals surface area (Å²) in [4.78, 5) is 15.6. The van der Waals surface area contributed by atoms with Gasteiger partial charge in [-0.1, -0.05) is 19.1 Å². The van der Waals surface area contributed by atoms with Gasteiger partial charge in [0.15, 0.2) is 0 Å². The molecule has 19 heavy (non-hydrogen) atoms. The number of carboxylic acid groups (broad SMARTS) is 1. The number of benzene rings is 1. The van der Waals surface area contributed by atoms with Gasteiger partial charge in [0.1, 0.15) is 22.6 Å². The van der Waals surface area contributed by atoms with Gasteiger partial charge in [0.05, 0.1) is 0 Å². The second kappa shape index (κ2) is 5.88. The summed E-state index contributed by atoms with van der Waals surface area (Å²) >= 11 is 1.12. The first-order valence-electron chi connectivity index (χ1n) is 5.90. The van der Waals surface area contributed by atoms with Crippen LogP contribution in [0.25, 0.3) is 0 Å². The first-order chi connectivity index (χ1) is 9.10. The maximum atomic E-state index is 12.8. The van der Waals surface area contributed by atoms with E-state index in [0.717, 1.165) is 17.1 Å². The summed E-state index contributed by atoms with van der Waals surface area (Å²) in [5, 5.41) is 9.78. The Morgan fingerprint density at radius 2 is 2.11 bits per heavy atom. The Bertz CT molecular complexity index is 568. The highest BCUT2D eigenvalue weighted by Gasteiger charge is 2.24. The molecule has 1 heterocycles. The molecular weight excluding hydrogens is 267 g/mol. The Morgan fingerprint density at radius 3 is 2.63 bits per heavy atom. The molecule has 0 bridgehead atoms. The molecule has 4 nitrogen and oxygen atoms in total. The van der Waals surface area contributed by atoms with Crippen molar-refractivity contribution < 1.29 is 14.3 Å². The number of rotatable bonds is 5. The lowest BCUT2D eigenvalue weighted by Crippen LogP contribution is -2.14. The molecule has 0 aliphatic rings. The Morgan fingerprint density at radius 1 is 1.42 bits per heavy atom. The van der Waals surface area contributed by atoms with Crippen LogP contribution in [-0.4, -0.2) is 20.4 Å². The monoisotopic (exact) mass is 280 g/mol. The zero-order chi connectivity index (χ0) is 13.8. The van der Waals surface area contributed by atoms with E-state index >= 15 is 0 Å². The molecule has 2 aromatic rings. The smallest absolute Gasteiger partial charge is 0.313 e. The molecule has 0 saturated heterocycles. The summed E-state index contributed by atoms with van der Waals surface area (Å²) in [5.41, 5.74) is 0.766. The molecule has 2 rings (SSSR count). The third-order valence-electron chi connectivity index (χ3n) is 2.75. The first-order valence-corrected chi connectivity index (χ1v) is 6.67. The highest BCUT2D eigenvalue weighted by molar-refractivity contribution is 7.05. The van der Waals surface area contributed by atoms with Crippen LogP contribution in [0, 0.1) is 5.82 Å². The molecule has 1 aromatic carbocycles. The number of halogens is 1. The first kappa shape index (κ1) is 13.6. The number of aromatic nitrogens is 2. The molecule has 0 fully saturated rings. The highest BCUT2D eigenvalue weighted by Crippen LogP contribution is 2.23. The van der Waals surface area contributed by atoms with E-state index in [1.54, 1.807) is 12.1 Å². The highest BCUT2D eigenvalue weighted by atomic mass is 32.1. The minimum absolute atomic E-state index is 0.286. The summed E-state index contributed by atoms with van der Waals surface area (Å²) in [6.07, 6.45) is 0.966. The molecule has 1 unspecified atom stereocenters. The van der Waals surface area contributed by atoms with E-state index < -0.39 is 11.9 Å². The molecule has 0 radical (unpaired) electrons. The average molecular weight is 280 g/mol. The lowest BCUT2D eigenvalue weighted by atomic mass is 10.00. The van der Waals surface area contributed by atoms with Crippen molar-refractivity contribution in [2.75, 3.05) is 0 Å². The van der Waals surface area contributed by atoms with Crippen molar-refractivity contribution in [1.82, 2.24) is 9.36 Å². The molecule has 0 saturated carbocycles. The molecule has 1 atom stereocenters. The van der Waals surface area contributed by atoms with E-state index in [9.17, 15) is 14.3 Å². The second-order valence-corrected chi connectivity index (χ2v) is 4.91. The Labute approximate surface area is 114 Å². The molecule has 1 aromatic heterocycles. The molecule has 0 aliphatic carbocycles. The van der Waals surface area contributed by atoms with Crippen LogP contribution < -0.4 is 0 Å². The lowest BCUT2D eigenvalue weighted by molar-refractivity contribution is -0.138. The van der Waals surface area contributed by atoms with Crippen LogP contribution in [0.1, 0.15) is 29.2 Å². The number of carbonyl (C=O) groups is 1. The largest absolute Gasteiger partial charge is 0.481 e. The zero-order valence-corrected chi connectivity index (χ0v) is 11.2. The summed E-state index contributed by atoms with van der Waals surface area (Å²) in [7, 11) is 0. The molecule has 6 heteroatoms. The van der Waals surface area contributed by atoms with Crippen LogP contribution in [0.2, 0.25) is 0 Å². The predicted octanol–water partition coefficient (Wildman–Crippen LogP) is 2.65. The van der Waals surface area contributed by atoms with Crippen molar-refractivity contribution >= 4 is 17.5 Å². The van der Waals surface area contributed by atoms with Gasteiger partial charge in [-0.3, -0.25) is 4.79 Å². The fraction of sp³-hybridized carbons (Fsp3) is 0.308. The second-order valence-electron chi connectivity index (χ2n) is 4.12. The molecule has 100 valence electrons. The number of nitrogens with zero attached hydrogens (tertiary/aromatic N) is 2. The van der Waals surface area contributed by atoms with Gasteiger partial charge in [-0.15, -0.1) is 0 Å². The number of hydrogen-bond acceptors (Lipinski definition) is 4. The minimum atomic E-state index is -0.942. The van der Waals surface area contributed by atoms with E-state index in [4.69, 9.17) is 0 Å². The standard InChI is InChI=1S/C13H13FN2O2S/c1-2-11-15-12(19-16-11)10(13(17)18)7-8-3-5-9(14)6-4-8/h3-6,10H,2,7H2,1H3,(H,17,18). The quantitative estimate of drug-likeness (QED) is 0.914. The topological polar surface area (TPSA) is 63.1 Å². The van der Waals surface area contributed by atoms with Crippen LogP contribution in [0.4, 0.5) is 4.39 Å². The zero-order valence-electron chi connectivity index (χ0n) is 10.3. The summed E-state index contributed by atoms with van der Waals surface area (Å²) in [5.74, 6) is -1.35. The maximum Gasteiger partial charge on any atom is 0.313 e. The normalized spacial score (nSPS) is 12.3. The Hall–Kier alpha value is -1.82. The summed E-state index contributed by atoms with van der Waals surface area (Å²) < 4.78 is 16.9. The molecule has 1 N–H and O–H groups in total. The van der Waals surface area contributed by atoms with Crippen LogP contribution >= 0.6 is 11.5 Å². The van der Waals surface area contributed by atoms with E-state index in [-0.39, 0.29) is 12.2 Å². The van der Waals surface area contributed by atoms with Crippen molar-refractivity contribution in [3.05, 3.63) is 46.5 Å². The molecular formula is C13H13FN2O2S. The summed E-state index contributed by atoms with van der Waals surface area (Å²) in [6.45, 7) is 1.92. The van der Waals surface area contributed by atoms with Gasteiger partial charge >= 0.3 is 5.97 Å². The average Bonchev–Trinajstić information content (AvgIpc) is 2.86. The SMILES string of the molecule is CCc1nsc(C(Cc2ccc(F)cc2)C(=O)O)n1. The third kappa shape index (κ3) is 3.35. The number of aryl methyl sites for hydroxylation is 1. The van der Waals surface area contributed by atoms with Gasteiger partial charge in [-0.2, -0.15) is 4.37 Å². The Balaban J connectivity index is 2.21. The van der Waals surface area contributed by atoms with Crippen LogP contribution in [-0.2, 0) is 17.6 Å². The van der Waals surface area contributed by atoms with Gasteiger partial charge in [0.25, 0.3) is 0 Å². The van der Waals surface area contributed by atoms with Crippen LogP contribution in [0.3, 0.4) is 0 Å². The maximum absolute atomic E-state index is 12.8. The van der Waals surface area contributed by atoms with Crippen molar-refractivity contribution in [2.45, 2.75) is 25.7 Å². The van der Waals surface area contributed by atoms with Gasteiger partial charge in [0.2, 0.25) is 0 Å². The lowest BCUT2D eigenvalue weighted by Gasteiger charge is -2.08. The molecule has 0 aliphatic heterocycles. The molecule has 0 spiro atoms. The van der Waals surface area contributed by atoms with E-state index in [2.05, 4.69) is 9.36 Å².